The lowest BCUT2D eigenvalue weighted by molar-refractivity contribution is 0.0812. The summed E-state index contributed by atoms with van der Waals surface area (Å²) in [6.07, 6.45) is 0.476. The smallest absolute Gasteiger partial charge is 0.321 e. The van der Waals surface area contributed by atoms with Crippen LogP contribution in [0.3, 0.4) is 0 Å². The number of anilines is 1. The second kappa shape index (κ2) is 7.81. The second-order valence-corrected chi connectivity index (χ2v) is 6.15. The maximum absolute atomic E-state index is 12.3. The molecule has 6 heteroatoms. The van der Waals surface area contributed by atoms with Crippen molar-refractivity contribution in [1.82, 2.24) is 9.80 Å². The Morgan fingerprint density at radius 2 is 2.05 bits per heavy atom. The number of aliphatic hydroxyl groups excluding tert-OH is 1. The second-order valence-electron chi connectivity index (χ2n) is 5.74. The number of piperazine rings is 1. The van der Waals surface area contributed by atoms with Crippen LogP contribution in [0.1, 0.15) is 18.9 Å². The summed E-state index contributed by atoms with van der Waals surface area (Å²) in [4.78, 5) is 16.2. The molecule has 2 N–H and O–H groups in total. The summed E-state index contributed by atoms with van der Waals surface area (Å²) in [6, 6.07) is 5.41. The van der Waals surface area contributed by atoms with Gasteiger partial charge in [0.25, 0.3) is 0 Å². The number of amides is 2. The average Bonchev–Trinajstić information content (AvgIpc) is 2.51. The first-order valence-corrected chi connectivity index (χ1v) is 8.10. The fourth-order valence-electron chi connectivity index (χ4n) is 2.43. The van der Waals surface area contributed by atoms with E-state index >= 15 is 0 Å². The van der Waals surface area contributed by atoms with Crippen molar-refractivity contribution in [2.75, 3.05) is 38.0 Å². The van der Waals surface area contributed by atoms with Gasteiger partial charge in [-0.25, -0.2) is 4.79 Å². The molecule has 1 aromatic rings. The van der Waals surface area contributed by atoms with Crippen molar-refractivity contribution in [2.24, 2.45) is 0 Å². The molecule has 0 saturated carbocycles. The van der Waals surface area contributed by atoms with E-state index in [4.69, 9.17) is 11.6 Å². The molecule has 2 rings (SSSR count). The molecule has 5 nitrogen and oxygen atoms in total. The molecule has 1 aliphatic rings. The van der Waals surface area contributed by atoms with E-state index in [2.05, 4.69) is 10.2 Å². The number of aryl methyl sites for hydroxylation is 1. The largest absolute Gasteiger partial charge is 0.392 e. The molecule has 2 amide bonds. The zero-order valence-electron chi connectivity index (χ0n) is 13.2. The highest BCUT2D eigenvalue weighted by atomic mass is 35.5. The fraction of sp³-hybridized carbons (Fsp3) is 0.562. The van der Waals surface area contributed by atoms with E-state index in [1.54, 1.807) is 11.0 Å². The van der Waals surface area contributed by atoms with Crippen molar-refractivity contribution in [3.05, 3.63) is 28.8 Å². The SMILES string of the molecule is CC[C@H](O)CN1CCN(C(=O)Nc2ccc(C)c(Cl)c2)CC1. The molecular weight excluding hydrogens is 302 g/mol. The van der Waals surface area contributed by atoms with Crippen molar-refractivity contribution in [2.45, 2.75) is 26.4 Å². The van der Waals surface area contributed by atoms with Crippen molar-refractivity contribution >= 4 is 23.3 Å². The summed E-state index contributed by atoms with van der Waals surface area (Å²) < 4.78 is 0. The van der Waals surface area contributed by atoms with Gasteiger partial charge in [-0.05, 0) is 31.0 Å². The Balaban J connectivity index is 1.83. The van der Waals surface area contributed by atoms with Gasteiger partial charge in [0.2, 0.25) is 0 Å². The van der Waals surface area contributed by atoms with Gasteiger partial charge in [-0.1, -0.05) is 24.6 Å². The number of hydrogen-bond acceptors (Lipinski definition) is 3. The van der Waals surface area contributed by atoms with E-state index in [9.17, 15) is 9.90 Å². The highest BCUT2D eigenvalue weighted by molar-refractivity contribution is 6.31. The lowest BCUT2D eigenvalue weighted by atomic mass is 10.2. The van der Waals surface area contributed by atoms with Crippen LogP contribution < -0.4 is 5.32 Å². The Kier molecular flexibility index (Phi) is 6.06. The molecule has 1 fully saturated rings. The van der Waals surface area contributed by atoms with Crippen molar-refractivity contribution < 1.29 is 9.90 Å². The summed E-state index contributed by atoms with van der Waals surface area (Å²) in [5, 5.41) is 13.2. The van der Waals surface area contributed by atoms with Crippen molar-refractivity contribution in [3.63, 3.8) is 0 Å². The van der Waals surface area contributed by atoms with E-state index in [0.717, 1.165) is 25.1 Å². The van der Waals surface area contributed by atoms with Gasteiger partial charge >= 0.3 is 6.03 Å². The molecule has 1 heterocycles. The lowest BCUT2D eigenvalue weighted by Crippen LogP contribution is -2.51. The predicted octanol–water partition coefficient (Wildman–Crippen LogP) is 2.57. The molecule has 22 heavy (non-hydrogen) atoms. The minimum Gasteiger partial charge on any atom is -0.392 e. The highest BCUT2D eigenvalue weighted by Crippen LogP contribution is 2.20. The molecule has 1 atom stereocenters. The first-order valence-electron chi connectivity index (χ1n) is 7.72. The number of halogens is 1. The van der Waals surface area contributed by atoms with Crippen LogP contribution in [0.25, 0.3) is 0 Å². The molecule has 122 valence electrons. The van der Waals surface area contributed by atoms with E-state index in [1.165, 1.54) is 0 Å². The highest BCUT2D eigenvalue weighted by Gasteiger charge is 2.22. The number of nitrogens with one attached hydrogen (secondary N) is 1. The van der Waals surface area contributed by atoms with Gasteiger partial charge in [0.15, 0.2) is 0 Å². The Morgan fingerprint density at radius 1 is 1.36 bits per heavy atom. The predicted molar refractivity (Wildman–Crippen MR) is 89.5 cm³/mol. The molecule has 0 unspecified atom stereocenters. The van der Waals surface area contributed by atoms with Gasteiger partial charge < -0.3 is 15.3 Å². The van der Waals surface area contributed by atoms with Crippen LogP contribution in [-0.4, -0.2) is 59.8 Å². The molecule has 0 aliphatic carbocycles. The third-order valence-electron chi connectivity index (χ3n) is 4.02. The minimum absolute atomic E-state index is 0.101. The van der Waals surface area contributed by atoms with Gasteiger partial charge in [-0.3, -0.25) is 4.90 Å². The number of nitrogens with zero attached hydrogens (tertiary/aromatic N) is 2. The van der Waals surface area contributed by atoms with Crippen molar-refractivity contribution in [3.8, 4) is 0 Å². The monoisotopic (exact) mass is 325 g/mol. The zero-order chi connectivity index (χ0) is 16.1. The summed E-state index contributed by atoms with van der Waals surface area (Å²) in [6.45, 7) is 7.50. The van der Waals surface area contributed by atoms with Gasteiger partial charge in [0, 0.05) is 43.4 Å². The Labute approximate surface area is 136 Å². The van der Waals surface area contributed by atoms with Gasteiger partial charge in [0.1, 0.15) is 0 Å². The minimum atomic E-state index is -0.282. The summed E-state index contributed by atoms with van der Waals surface area (Å²) in [7, 11) is 0. The topological polar surface area (TPSA) is 55.8 Å². The Hall–Kier alpha value is -1.30. The number of rotatable bonds is 4. The quantitative estimate of drug-likeness (QED) is 0.894. The molecule has 0 spiro atoms. The maximum Gasteiger partial charge on any atom is 0.321 e. The van der Waals surface area contributed by atoms with Gasteiger partial charge in [-0.15, -0.1) is 0 Å². The van der Waals surface area contributed by atoms with Crippen LogP contribution >= 0.6 is 11.6 Å². The van der Waals surface area contributed by atoms with Gasteiger partial charge in [0.05, 0.1) is 6.10 Å². The molecule has 1 aliphatic heterocycles. The molecule has 0 bridgehead atoms. The third-order valence-corrected chi connectivity index (χ3v) is 4.43. The van der Waals surface area contributed by atoms with E-state index in [1.807, 2.05) is 26.0 Å². The number of β-amino-alcohol motifs (C(OH)–C–C–N with tert-alkyl or cyclic N) is 1. The number of hydrogen-bond donors (Lipinski definition) is 2. The van der Waals surface area contributed by atoms with Crippen LogP contribution in [0.2, 0.25) is 5.02 Å². The van der Waals surface area contributed by atoms with Crippen LogP contribution in [0.4, 0.5) is 10.5 Å². The number of carbonyl (C=O) groups excluding carboxylic acids is 1. The van der Waals surface area contributed by atoms with Crippen molar-refractivity contribution in [1.29, 1.82) is 0 Å². The van der Waals surface area contributed by atoms with Crippen LogP contribution in [0.15, 0.2) is 18.2 Å². The number of urea groups is 1. The number of aliphatic hydroxyl groups is 1. The molecule has 0 aromatic heterocycles. The van der Waals surface area contributed by atoms with Crippen LogP contribution in [0, 0.1) is 6.92 Å². The zero-order valence-corrected chi connectivity index (χ0v) is 13.9. The number of benzene rings is 1. The third kappa shape index (κ3) is 4.60. The average molecular weight is 326 g/mol. The van der Waals surface area contributed by atoms with E-state index < -0.39 is 0 Å². The number of carbonyl (C=O) groups is 1. The summed E-state index contributed by atoms with van der Waals surface area (Å²) in [5.41, 5.74) is 1.70. The lowest BCUT2D eigenvalue weighted by Gasteiger charge is -2.35. The Morgan fingerprint density at radius 3 is 2.64 bits per heavy atom. The fourth-order valence-corrected chi connectivity index (χ4v) is 2.61. The molecule has 1 aromatic carbocycles. The Bertz CT molecular complexity index is 516. The van der Waals surface area contributed by atoms with Gasteiger partial charge in [-0.2, -0.15) is 0 Å². The summed E-state index contributed by atoms with van der Waals surface area (Å²) in [5.74, 6) is 0. The summed E-state index contributed by atoms with van der Waals surface area (Å²) >= 11 is 6.07. The maximum atomic E-state index is 12.3. The normalized spacial score (nSPS) is 17.4. The molecular formula is C16H24ClN3O2. The van der Waals surface area contributed by atoms with E-state index in [-0.39, 0.29) is 12.1 Å². The van der Waals surface area contributed by atoms with Crippen LogP contribution in [-0.2, 0) is 0 Å². The first kappa shape index (κ1) is 17.1. The van der Waals surface area contributed by atoms with E-state index in [0.29, 0.717) is 30.3 Å². The first-order chi connectivity index (χ1) is 10.5. The molecule has 0 radical (unpaired) electrons. The molecule has 1 saturated heterocycles. The standard InChI is InChI=1S/C16H24ClN3O2/c1-3-14(21)11-19-6-8-20(9-7-19)16(22)18-13-5-4-12(2)15(17)10-13/h4-5,10,14,21H,3,6-9,11H2,1-2H3,(H,18,22)/t14-/m0/s1. The van der Waals surface area contributed by atoms with Crippen LogP contribution in [0.5, 0.6) is 0 Å².